The van der Waals surface area contributed by atoms with Gasteiger partial charge in [0.05, 0.1) is 6.61 Å². The van der Waals surface area contributed by atoms with Crippen LogP contribution in [-0.2, 0) is 5.41 Å². The zero-order chi connectivity index (χ0) is 16.7. The number of hydrogen-bond acceptors (Lipinski definition) is 3. The summed E-state index contributed by atoms with van der Waals surface area (Å²) in [7, 11) is 0. The van der Waals surface area contributed by atoms with E-state index >= 15 is 0 Å². The zero-order valence-corrected chi connectivity index (χ0v) is 15.5. The summed E-state index contributed by atoms with van der Waals surface area (Å²) >= 11 is 0. The van der Waals surface area contributed by atoms with E-state index in [1.807, 2.05) is 0 Å². The van der Waals surface area contributed by atoms with E-state index < -0.39 is 0 Å². The predicted molar refractivity (Wildman–Crippen MR) is 98.5 cm³/mol. The van der Waals surface area contributed by atoms with Gasteiger partial charge in [0, 0.05) is 26.2 Å². The molecule has 1 heterocycles. The number of rotatable bonds is 7. The van der Waals surface area contributed by atoms with Gasteiger partial charge in [-0.15, -0.1) is 0 Å². The van der Waals surface area contributed by atoms with E-state index in [1.165, 1.54) is 43.6 Å². The Morgan fingerprint density at radius 1 is 1.09 bits per heavy atom. The molecular formula is C20H34N2O. The number of nitrogens with one attached hydrogen (secondary N) is 1. The monoisotopic (exact) mass is 318 g/mol. The van der Waals surface area contributed by atoms with Crippen LogP contribution in [0, 0.1) is 6.92 Å². The Bertz CT molecular complexity index is 473. The number of piperazine rings is 1. The van der Waals surface area contributed by atoms with E-state index in [9.17, 15) is 0 Å². The molecule has 3 heteroatoms. The van der Waals surface area contributed by atoms with Crippen molar-refractivity contribution in [1.29, 1.82) is 0 Å². The number of ether oxygens (including phenoxy) is 1. The van der Waals surface area contributed by atoms with Crippen LogP contribution in [0.15, 0.2) is 18.2 Å². The smallest absolute Gasteiger partial charge is 0.123 e. The second kappa shape index (κ2) is 8.70. The van der Waals surface area contributed by atoms with E-state index in [-0.39, 0.29) is 5.41 Å². The summed E-state index contributed by atoms with van der Waals surface area (Å²) in [6.07, 6.45) is 3.67. The van der Waals surface area contributed by atoms with Gasteiger partial charge >= 0.3 is 0 Å². The molecule has 1 aliphatic heterocycles. The van der Waals surface area contributed by atoms with Gasteiger partial charge in [0.2, 0.25) is 0 Å². The van der Waals surface area contributed by atoms with Crippen LogP contribution in [0.3, 0.4) is 0 Å². The molecule has 0 bridgehead atoms. The first-order chi connectivity index (χ1) is 11.0. The van der Waals surface area contributed by atoms with Crippen molar-refractivity contribution in [2.75, 3.05) is 39.3 Å². The molecule has 23 heavy (non-hydrogen) atoms. The minimum absolute atomic E-state index is 0.129. The molecule has 1 saturated heterocycles. The maximum absolute atomic E-state index is 6.09. The molecule has 0 aromatic heterocycles. The topological polar surface area (TPSA) is 24.5 Å². The number of benzene rings is 1. The molecule has 130 valence electrons. The first-order valence-corrected chi connectivity index (χ1v) is 9.14. The molecule has 1 aromatic carbocycles. The van der Waals surface area contributed by atoms with Crippen molar-refractivity contribution < 1.29 is 4.74 Å². The lowest BCUT2D eigenvalue weighted by Gasteiger charge is -2.27. The van der Waals surface area contributed by atoms with Gasteiger partial charge in [0.15, 0.2) is 0 Å². The molecule has 0 spiro atoms. The Labute approximate surface area is 142 Å². The molecule has 0 amide bonds. The van der Waals surface area contributed by atoms with E-state index in [0.29, 0.717) is 0 Å². The molecule has 0 saturated carbocycles. The maximum Gasteiger partial charge on any atom is 0.123 e. The van der Waals surface area contributed by atoms with Gasteiger partial charge in [0.25, 0.3) is 0 Å². The largest absolute Gasteiger partial charge is 0.493 e. The van der Waals surface area contributed by atoms with Crippen LogP contribution in [-0.4, -0.2) is 44.2 Å². The minimum atomic E-state index is 0.129. The quantitative estimate of drug-likeness (QED) is 0.775. The van der Waals surface area contributed by atoms with E-state index in [1.54, 1.807) is 0 Å². The van der Waals surface area contributed by atoms with Gasteiger partial charge in [-0.2, -0.15) is 0 Å². The number of hydrogen-bond donors (Lipinski definition) is 1. The van der Waals surface area contributed by atoms with Crippen LogP contribution in [0.4, 0.5) is 0 Å². The van der Waals surface area contributed by atoms with Gasteiger partial charge in [-0.3, -0.25) is 0 Å². The van der Waals surface area contributed by atoms with Gasteiger partial charge in [-0.05, 0) is 49.8 Å². The van der Waals surface area contributed by atoms with Gasteiger partial charge in [-0.1, -0.05) is 38.5 Å². The summed E-state index contributed by atoms with van der Waals surface area (Å²) in [6.45, 7) is 15.7. The summed E-state index contributed by atoms with van der Waals surface area (Å²) in [5, 5.41) is 3.40. The normalized spacial score (nSPS) is 16.5. The molecule has 1 aromatic rings. The highest BCUT2D eigenvalue weighted by Crippen LogP contribution is 2.32. The van der Waals surface area contributed by atoms with E-state index in [4.69, 9.17) is 4.74 Å². The fraction of sp³-hybridized carbons (Fsp3) is 0.700. The average molecular weight is 319 g/mol. The molecule has 1 fully saturated rings. The molecule has 2 rings (SSSR count). The fourth-order valence-electron chi connectivity index (χ4n) is 3.09. The van der Waals surface area contributed by atoms with E-state index in [2.05, 4.69) is 56.1 Å². The third kappa shape index (κ3) is 6.15. The molecule has 0 unspecified atom stereocenters. The maximum atomic E-state index is 6.09. The van der Waals surface area contributed by atoms with Crippen molar-refractivity contribution in [3.05, 3.63) is 29.3 Å². The van der Waals surface area contributed by atoms with Crippen LogP contribution < -0.4 is 10.1 Å². The van der Waals surface area contributed by atoms with Crippen LogP contribution in [0.5, 0.6) is 5.75 Å². The Morgan fingerprint density at radius 2 is 1.83 bits per heavy atom. The molecule has 0 radical (unpaired) electrons. The Balaban J connectivity index is 1.70. The van der Waals surface area contributed by atoms with Crippen LogP contribution >= 0.6 is 0 Å². The highest BCUT2D eigenvalue weighted by molar-refractivity contribution is 5.41. The van der Waals surface area contributed by atoms with Crippen molar-refractivity contribution >= 4 is 0 Å². The average Bonchev–Trinajstić information content (AvgIpc) is 2.52. The van der Waals surface area contributed by atoms with Crippen molar-refractivity contribution in [3.63, 3.8) is 0 Å². The third-order valence-corrected chi connectivity index (χ3v) is 4.53. The van der Waals surface area contributed by atoms with Crippen molar-refractivity contribution in [1.82, 2.24) is 10.2 Å². The lowest BCUT2D eigenvalue weighted by atomic mass is 9.85. The highest BCUT2D eigenvalue weighted by atomic mass is 16.5. The van der Waals surface area contributed by atoms with Crippen molar-refractivity contribution in [2.45, 2.75) is 52.4 Å². The summed E-state index contributed by atoms with van der Waals surface area (Å²) in [6, 6.07) is 6.55. The highest BCUT2D eigenvalue weighted by Gasteiger charge is 2.19. The van der Waals surface area contributed by atoms with Gasteiger partial charge in [0.1, 0.15) is 5.75 Å². The molecule has 3 nitrogen and oxygen atoms in total. The zero-order valence-electron chi connectivity index (χ0n) is 15.5. The molecule has 1 aliphatic rings. The van der Waals surface area contributed by atoms with Crippen molar-refractivity contribution in [3.8, 4) is 5.75 Å². The Kier molecular flexibility index (Phi) is 6.91. The first kappa shape index (κ1) is 18.3. The Hall–Kier alpha value is -1.06. The SMILES string of the molecule is Cc1ccc(OCCCCCN2CCNCC2)c(C(C)(C)C)c1. The number of aryl methyl sites for hydroxylation is 1. The first-order valence-electron chi connectivity index (χ1n) is 9.14. The van der Waals surface area contributed by atoms with E-state index in [0.717, 1.165) is 31.9 Å². The standard InChI is InChI=1S/C20H34N2O/c1-17-8-9-19(18(16-17)20(2,3)4)23-15-7-5-6-12-22-13-10-21-11-14-22/h8-9,16,21H,5-7,10-15H2,1-4H3. The van der Waals surface area contributed by atoms with Gasteiger partial charge in [-0.25, -0.2) is 0 Å². The second-order valence-corrected chi connectivity index (χ2v) is 7.75. The van der Waals surface area contributed by atoms with Crippen LogP contribution in [0.25, 0.3) is 0 Å². The molecule has 0 atom stereocenters. The minimum Gasteiger partial charge on any atom is -0.493 e. The van der Waals surface area contributed by atoms with Crippen LogP contribution in [0.2, 0.25) is 0 Å². The number of nitrogens with zero attached hydrogens (tertiary/aromatic N) is 1. The van der Waals surface area contributed by atoms with Crippen molar-refractivity contribution in [2.24, 2.45) is 0 Å². The van der Waals surface area contributed by atoms with Gasteiger partial charge < -0.3 is 15.0 Å². The third-order valence-electron chi connectivity index (χ3n) is 4.53. The summed E-state index contributed by atoms with van der Waals surface area (Å²) in [4.78, 5) is 2.56. The lowest BCUT2D eigenvalue weighted by Crippen LogP contribution is -2.43. The lowest BCUT2D eigenvalue weighted by molar-refractivity contribution is 0.231. The fourth-order valence-corrected chi connectivity index (χ4v) is 3.09. The molecule has 1 N–H and O–H groups in total. The predicted octanol–water partition coefficient (Wildman–Crippen LogP) is 3.75. The Morgan fingerprint density at radius 3 is 2.52 bits per heavy atom. The number of unbranched alkanes of at least 4 members (excludes halogenated alkanes) is 2. The summed E-state index contributed by atoms with van der Waals surface area (Å²) in [5.74, 6) is 1.06. The summed E-state index contributed by atoms with van der Waals surface area (Å²) in [5.41, 5.74) is 2.75. The summed E-state index contributed by atoms with van der Waals surface area (Å²) < 4.78 is 6.09. The molecular weight excluding hydrogens is 284 g/mol. The second-order valence-electron chi connectivity index (χ2n) is 7.75. The molecule has 0 aliphatic carbocycles. The van der Waals surface area contributed by atoms with Crippen LogP contribution in [0.1, 0.15) is 51.2 Å².